The van der Waals surface area contributed by atoms with Gasteiger partial charge in [-0.25, -0.2) is 4.39 Å². The first kappa shape index (κ1) is 14.7. The molecule has 0 spiro atoms. The first-order valence-electron chi connectivity index (χ1n) is 6.94. The first-order chi connectivity index (χ1) is 9.60. The van der Waals surface area contributed by atoms with Crippen LogP contribution in [0.2, 0.25) is 0 Å². The van der Waals surface area contributed by atoms with Gasteiger partial charge in [0.1, 0.15) is 5.82 Å². The zero-order chi connectivity index (χ0) is 14.5. The number of aryl methyl sites for hydroxylation is 2. The van der Waals surface area contributed by atoms with Gasteiger partial charge >= 0.3 is 0 Å². The van der Waals surface area contributed by atoms with E-state index < -0.39 is 0 Å². The van der Waals surface area contributed by atoms with E-state index in [4.69, 9.17) is 0 Å². The summed E-state index contributed by atoms with van der Waals surface area (Å²) in [6.45, 7) is 5.01. The highest BCUT2D eigenvalue weighted by atomic mass is 19.1. The summed E-state index contributed by atoms with van der Waals surface area (Å²) >= 11 is 0. The number of hydrogen-bond acceptors (Lipinski definition) is 3. The van der Waals surface area contributed by atoms with Crippen LogP contribution in [0.15, 0.2) is 24.4 Å². The van der Waals surface area contributed by atoms with Gasteiger partial charge < -0.3 is 5.32 Å². The molecule has 0 aliphatic rings. The summed E-state index contributed by atoms with van der Waals surface area (Å²) in [7, 11) is 1.85. The normalized spacial score (nSPS) is 12.6. The Bertz CT molecular complexity index is 565. The lowest BCUT2D eigenvalue weighted by molar-refractivity contribution is 0.517. The molecule has 108 valence electrons. The maximum Gasteiger partial charge on any atom is 0.123 e. The van der Waals surface area contributed by atoms with Crippen molar-refractivity contribution >= 4 is 0 Å². The number of rotatable bonds is 6. The molecule has 1 aromatic heterocycles. The van der Waals surface area contributed by atoms with Crippen molar-refractivity contribution in [2.24, 2.45) is 7.05 Å². The Morgan fingerprint density at radius 3 is 2.85 bits per heavy atom. The van der Waals surface area contributed by atoms with E-state index in [1.54, 1.807) is 10.7 Å². The Kier molecular flexibility index (Phi) is 4.84. The van der Waals surface area contributed by atoms with Crippen LogP contribution >= 0.6 is 0 Å². The molecule has 1 heterocycles. The average Bonchev–Trinajstić information content (AvgIpc) is 2.83. The lowest BCUT2D eigenvalue weighted by atomic mass is 9.97. The van der Waals surface area contributed by atoms with Crippen LogP contribution < -0.4 is 5.32 Å². The number of nitrogens with zero attached hydrogens (tertiary/aromatic N) is 3. The van der Waals surface area contributed by atoms with Gasteiger partial charge in [0.05, 0.1) is 5.69 Å². The largest absolute Gasteiger partial charge is 0.310 e. The molecular weight excluding hydrogens is 255 g/mol. The molecule has 0 radical (unpaired) electrons. The molecule has 20 heavy (non-hydrogen) atoms. The molecule has 4 nitrogen and oxygen atoms in total. The van der Waals surface area contributed by atoms with Crippen LogP contribution in [0.5, 0.6) is 0 Å². The minimum absolute atomic E-state index is 0.0577. The minimum Gasteiger partial charge on any atom is -0.310 e. The molecule has 1 aromatic carbocycles. The van der Waals surface area contributed by atoms with Crippen molar-refractivity contribution in [3.05, 3.63) is 47.0 Å². The topological polar surface area (TPSA) is 42.7 Å². The number of hydrogen-bond donors (Lipinski definition) is 1. The molecule has 1 N–H and O–H groups in total. The van der Waals surface area contributed by atoms with Crippen LogP contribution in [0, 0.1) is 12.7 Å². The van der Waals surface area contributed by atoms with E-state index in [0.717, 1.165) is 29.8 Å². The van der Waals surface area contributed by atoms with E-state index >= 15 is 0 Å². The average molecular weight is 276 g/mol. The van der Waals surface area contributed by atoms with Crippen LogP contribution in [-0.4, -0.2) is 21.5 Å². The van der Waals surface area contributed by atoms with Crippen molar-refractivity contribution in [3.8, 4) is 0 Å². The second kappa shape index (κ2) is 6.61. The van der Waals surface area contributed by atoms with Crippen LogP contribution in [0.4, 0.5) is 4.39 Å². The van der Waals surface area contributed by atoms with Crippen LogP contribution in [0.1, 0.15) is 36.2 Å². The van der Waals surface area contributed by atoms with Crippen molar-refractivity contribution < 1.29 is 4.39 Å². The van der Waals surface area contributed by atoms with Crippen LogP contribution in [-0.2, 0) is 13.5 Å². The van der Waals surface area contributed by atoms with Gasteiger partial charge in [-0.05, 0) is 43.1 Å². The third-order valence-electron chi connectivity index (χ3n) is 3.32. The van der Waals surface area contributed by atoms with E-state index in [0.29, 0.717) is 6.42 Å². The third-order valence-corrected chi connectivity index (χ3v) is 3.32. The Morgan fingerprint density at radius 1 is 1.40 bits per heavy atom. The van der Waals surface area contributed by atoms with E-state index in [1.165, 1.54) is 6.07 Å². The summed E-state index contributed by atoms with van der Waals surface area (Å²) in [6.07, 6.45) is 3.64. The molecular formula is C15H21FN4. The second-order valence-corrected chi connectivity index (χ2v) is 5.10. The molecule has 2 aromatic rings. The van der Waals surface area contributed by atoms with Crippen LogP contribution in [0.3, 0.4) is 0 Å². The van der Waals surface area contributed by atoms with Crippen molar-refractivity contribution in [2.75, 3.05) is 6.54 Å². The fourth-order valence-electron chi connectivity index (χ4n) is 2.30. The monoisotopic (exact) mass is 276 g/mol. The molecule has 1 unspecified atom stereocenters. The Hall–Kier alpha value is -1.75. The SMILES string of the molecule is CCCNC(Cc1cn(C)nn1)c1cc(F)ccc1C. The summed E-state index contributed by atoms with van der Waals surface area (Å²) in [6, 6.07) is 4.99. The smallest absolute Gasteiger partial charge is 0.123 e. The zero-order valence-electron chi connectivity index (χ0n) is 12.2. The van der Waals surface area contributed by atoms with Gasteiger partial charge in [0.15, 0.2) is 0 Å². The summed E-state index contributed by atoms with van der Waals surface area (Å²) < 4.78 is 15.2. The van der Waals surface area contributed by atoms with Crippen LogP contribution in [0.25, 0.3) is 0 Å². The predicted molar refractivity (Wildman–Crippen MR) is 76.9 cm³/mol. The molecule has 2 rings (SSSR count). The quantitative estimate of drug-likeness (QED) is 0.881. The summed E-state index contributed by atoms with van der Waals surface area (Å²) in [4.78, 5) is 0. The highest BCUT2D eigenvalue weighted by Gasteiger charge is 2.16. The molecule has 5 heteroatoms. The lowest BCUT2D eigenvalue weighted by Crippen LogP contribution is -2.25. The van der Waals surface area contributed by atoms with Gasteiger partial charge in [0.2, 0.25) is 0 Å². The van der Waals surface area contributed by atoms with Gasteiger partial charge in [-0.15, -0.1) is 5.10 Å². The van der Waals surface area contributed by atoms with E-state index in [9.17, 15) is 4.39 Å². The summed E-state index contributed by atoms with van der Waals surface area (Å²) in [5.74, 6) is -0.201. The molecule has 0 aliphatic carbocycles. The van der Waals surface area contributed by atoms with Crippen molar-refractivity contribution in [2.45, 2.75) is 32.7 Å². The van der Waals surface area contributed by atoms with Gasteiger partial charge in [-0.2, -0.15) is 0 Å². The number of benzene rings is 1. The van der Waals surface area contributed by atoms with E-state index in [2.05, 4.69) is 22.6 Å². The third kappa shape index (κ3) is 3.63. The van der Waals surface area contributed by atoms with Gasteiger partial charge in [-0.3, -0.25) is 4.68 Å². The van der Waals surface area contributed by atoms with Crippen molar-refractivity contribution in [1.82, 2.24) is 20.3 Å². The fourth-order valence-corrected chi connectivity index (χ4v) is 2.30. The molecule has 0 amide bonds. The molecule has 0 bridgehead atoms. The molecule has 0 saturated carbocycles. The first-order valence-corrected chi connectivity index (χ1v) is 6.94. The second-order valence-electron chi connectivity index (χ2n) is 5.10. The molecule has 1 atom stereocenters. The predicted octanol–water partition coefficient (Wildman–Crippen LogP) is 2.55. The van der Waals surface area contributed by atoms with Gasteiger partial charge in [0.25, 0.3) is 0 Å². The molecule has 0 fully saturated rings. The molecule has 0 saturated heterocycles. The Morgan fingerprint density at radius 2 is 2.20 bits per heavy atom. The standard InChI is InChI=1S/C15H21FN4/c1-4-7-17-15(9-13-10-20(3)19-18-13)14-8-12(16)6-5-11(14)2/h5-6,8,10,15,17H,4,7,9H2,1-3H3. The minimum atomic E-state index is -0.201. The maximum atomic E-state index is 13.5. The molecule has 0 aliphatic heterocycles. The van der Waals surface area contributed by atoms with Crippen molar-refractivity contribution in [3.63, 3.8) is 0 Å². The van der Waals surface area contributed by atoms with E-state index in [-0.39, 0.29) is 11.9 Å². The summed E-state index contributed by atoms with van der Waals surface area (Å²) in [5, 5.41) is 11.5. The fraction of sp³-hybridized carbons (Fsp3) is 0.467. The van der Waals surface area contributed by atoms with Gasteiger partial charge in [0, 0.05) is 25.7 Å². The highest BCUT2D eigenvalue weighted by molar-refractivity contribution is 5.30. The van der Waals surface area contributed by atoms with Gasteiger partial charge in [-0.1, -0.05) is 18.2 Å². The van der Waals surface area contributed by atoms with Crippen molar-refractivity contribution in [1.29, 1.82) is 0 Å². The Labute approximate surface area is 119 Å². The zero-order valence-corrected chi connectivity index (χ0v) is 12.2. The highest BCUT2D eigenvalue weighted by Crippen LogP contribution is 2.22. The summed E-state index contributed by atoms with van der Waals surface area (Å²) in [5.41, 5.74) is 2.98. The number of halogens is 1. The van der Waals surface area contributed by atoms with E-state index in [1.807, 2.05) is 26.2 Å². The lowest BCUT2D eigenvalue weighted by Gasteiger charge is -2.20. The maximum absolute atomic E-state index is 13.5. The number of aromatic nitrogens is 3. The number of nitrogens with one attached hydrogen (secondary N) is 1. The Balaban J connectivity index is 2.24.